The monoisotopic (exact) mass is 353 g/mol. The van der Waals surface area contributed by atoms with Crippen molar-refractivity contribution in [1.82, 2.24) is 15.1 Å². The smallest absolute Gasteiger partial charge is 0.391 e. The van der Waals surface area contributed by atoms with Crippen LogP contribution in [0.3, 0.4) is 0 Å². The molecule has 1 aromatic carbocycles. The van der Waals surface area contributed by atoms with Gasteiger partial charge < -0.3 is 5.11 Å². The Kier molecular flexibility index (Phi) is 4.88. The molecule has 4 nitrogen and oxygen atoms in total. The molecule has 1 aliphatic heterocycles. The Balaban J connectivity index is 1.68. The van der Waals surface area contributed by atoms with Crippen LogP contribution in [0.4, 0.5) is 13.2 Å². The second kappa shape index (κ2) is 6.80. The maximum Gasteiger partial charge on any atom is 0.416 e. The lowest BCUT2D eigenvalue weighted by molar-refractivity contribution is -0.137. The first kappa shape index (κ1) is 17.9. The van der Waals surface area contributed by atoms with E-state index in [-0.39, 0.29) is 5.92 Å². The summed E-state index contributed by atoms with van der Waals surface area (Å²) in [5, 5.41) is 17.4. The summed E-state index contributed by atoms with van der Waals surface area (Å²) < 4.78 is 38.8. The molecule has 0 amide bonds. The molecule has 0 radical (unpaired) electrons. The number of rotatable bonds is 4. The van der Waals surface area contributed by atoms with Crippen LogP contribution in [-0.4, -0.2) is 39.4 Å². The van der Waals surface area contributed by atoms with E-state index in [0.717, 1.165) is 23.0 Å². The van der Waals surface area contributed by atoms with Crippen LogP contribution in [0.25, 0.3) is 0 Å². The number of aryl methyl sites for hydroxylation is 2. The molecule has 1 aliphatic rings. The zero-order chi connectivity index (χ0) is 18.2. The number of hydrogen-bond donors (Lipinski definition) is 2. The van der Waals surface area contributed by atoms with Crippen molar-refractivity contribution in [3.8, 4) is 0 Å². The van der Waals surface area contributed by atoms with Gasteiger partial charge >= 0.3 is 6.18 Å². The second-order valence-corrected chi connectivity index (χ2v) is 6.91. The van der Waals surface area contributed by atoms with E-state index >= 15 is 0 Å². The molecule has 0 spiro atoms. The first-order chi connectivity index (χ1) is 11.7. The fourth-order valence-electron chi connectivity index (χ4n) is 3.38. The Morgan fingerprint density at radius 3 is 2.64 bits per heavy atom. The van der Waals surface area contributed by atoms with Crippen molar-refractivity contribution in [3.05, 3.63) is 52.3 Å². The number of β-amino-alcohol motifs (C(OH)–C–C–N with tert-alkyl or cyclic N) is 1. The Hall–Kier alpha value is -1.86. The summed E-state index contributed by atoms with van der Waals surface area (Å²) in [6.07, 6.45) is -4.18. The lowest BCUT2D eigenvalue weighted by Gasteiger charge is -2.18. The number of nitrogens with zero attached hydrogens (tertiary/aromatic N) is 2. The minimum absolute atomic E-state index is 0.0359. The number of aliphatic hydroxyl groups excluding tert-OH is 1. The van der Waals surface area contributed by atoms with E-state index in [9.17, 15) is 18.3 Å². The summed E-state index contributed by atoms with van der Waals surface area (Å²) in [4.78, 5) is 2.01. The van der Waals surface area contributed by atoms with Gasteiger partial charge in [0, 0.05) is 31.2 Å². The highest BCUT2D eigenvalue weighted by Gasteiger charge is 2.33. The lowest BCUT2D eigenvalue weighted by Crippen LogP contribution is -2.22. The van der Waals surface area contributed by atoms with Gasteiger partial charge in [0.25, 0.3) is 0 Å². The third-order valence-corrected chi connectivity index (χ3v) is 4.78. The predicted molar refractivity (Wildman–Crippen MR) is 88.0 cm³/mol. The quantitative estimate of drug-likeness (QED) is 0.888. The predicted octanol–water partition coefficient (Wildman–Crippen LogP) is 3.08. The van der Waals surface area contributed by atoms with Crippen LogP contribution in [0.15, 0.2) is 24.3 Å². The van der Waals surface area contributed by atoms with Gasteiger partial charge in [-0.1, -0.05) is 6.07 Å². The standard InChI is InChI=1S/C18H22F3N3O/c1-11-3-4-15(18(19,20)21)6-13(11)8-24-9-14(17(25)10-24)7-16-5-12(2)22-23-16/h3-6,14,17,25H,7-10H2,1-2H3,(H,22,23)/t14-,17-/m1/s1. The van der Waals surface area contributed by atoms with E-state index in [0.29, 0.717) is 31.6 Å². The average Bonchev–Trinajstić information content (AvgIpc) is 3.07. The number of aromatic amines is 1. The van der Waals surface area contributed by atoms with E-state index in [2.05, 4.69) is 10.2 Å². The van der Waals surface area contributed by atoms with Crippen molar-refractivity contribution in [1.29, 1.82) is 0 Å². The van der Waals surface area contributed by atoms with Gasteiger partial charge in [-0.25, -0.2) is 0 Å². The van der Waals surface area contributed by atoms with Gasteiger partial charge in [-0.15, -0.1) is 0 Å². The SMILES string of the molecule is Cc1cc(C[C@@H]2CN(Cc3cc(C(F)(F)F)ccc3C)C[C@H]2O)n[nH]1. The van der Waals surface area contributed by atoms with Crippen LogP contribution >= 0.6 is 0 Å². The first-order valence-corrected chi connectivity index (χ1v) is 8.30. The highest BCUT2D eigenvalue weighted by molar-refractivity contribution is 5.32. The van der Waals surface area contributed by atoms with Crippen LogP contribution in [0.1, 0.15) is 28.1 Å². The van der Waals surface area contributed by atoms with Crippen molar-refractivity contribution in [2.24, 2.45) is 5.92 Å². The first-order valence-electron chi connectivity index (χ1n) is 8.30. The third kappa shape index (κ3) is 4.22. The number of nitrogens with one attached hydrogen (secondary N) is 1. The Labute approximate surface area is 144 Å². The van der Waals surface area contributed by atoms with E-state index in [1.165, 1.54) is 12.1 Å². The number of H-pyrrole nitrogens is 1. The topological polar surface area (TPSA) is 52.1 Å². The molecule has 1 saturated heterocycles. The molecule has 2 heterocycles. The summed E-state index contributed by atoms with van der Waals surface area (Å²) >= 11 is 0. The van der Waals surface area contributed by atoms with E-state index < -0.39 is 17.8 Å². The van der Waals surface area contributed by atoms with Gasteiger partial charge in [0.1, 0.15) is 0 Å². The summed E-state index contributed by atoms with van der Waals surface area (Å²) in [6.45, 7) is 5.24. The number of halogens is 3. The van der Waals surface area contributed by atoms with Crippen molar-refractivity contribution in [2.75, 3.05) is 13.1 Å². The summed E-state index contributed by atoms with van der Waals surface area (Å²) in [6, 6.07) is 5.79. The van der Waals surface area contributed by atoms with Crippen LogP contribution in [0.2, 0.25) is 0 Å². The third-order valence-electron chi connectivity index (χ3n) is 4.78. The van der Waals surface area contributed by atoms with Gasteiger partial charge in [-0.3, -0.25) is 10.00 Å². The number of aliphatic hydroxyl groups is 1. The van der Waals surface area contributed by atoms with Gasteiger partial charge in [0.05, 0.1) is 17.4 Å². The Morgan fingerprint density at radius 2 is 2.00 bits per heavy atom. The number of hydrogen-bond acceptors (Lipinski definition) is 3. The minimum atomic E-state index is -4.34. The van der Waals surface area contributed by atoms with Gasteiger partial charge in [0.2, 0.25) is 0 Å². The number of alkyl halides is 3. The normalized spacial score (nSPS) is 21.8. The summed E-state index contributed by atoms with van der Waals surface area (Å²) in [5.41, 5.74) is 2.72. The van der Waals surface area contributed by atoms with Crippen molar-refractivity contribution < 1.29 is 18.3 Å². The van der Waals surface area contributed by atoms with Crippen LogP contribution in [0.5, 0.6) is 0 Å². The minimum Gasteiger partial charge on any atom is -0.391 e. The average molecular weight is 353 g/mol. The molecule has 0 unspecified atom stereocenters. The fourth-order valence-corrected chi connectivity index (χ4v) is 3.38. The Bertz CT molecular complexity index is 741. The maximum absolute atomic E-state index is 12.9. The van der Waals surface area contributed by atoms with Crippen molar-refractivity contribution >= 4 is 0 Å². The molecular formula is C18H22F3N3O. The molecule has 0 saturated carbocycles. The van der Waals surface area contributed by atoms with Gasteiger partial charge in [-0.05, 0) is 49.6 Å². The van der Waals surface area contributed by atoms with Gasteiger partial charge in [0.15, 0.2) is 0 Å². The van der Waals surface area contributed by atoms with Crippen molar-refractivity contribution in [3.63, 3.8) is 0 Å². The number of benzene rings is 1. The molecule has 2 N–H and O–H groups in total. The fraction of sp³-hybridized carbons (Fsp3) is 0.500. The number of aromatic nitrogens is 2. The molecule has 2 atom stereocenters. The molecular weight excluding hydrogens is 331 g/mol. The molecule has 3 rings (SSSR count). The lowest BCUT2D eigenvalue weighted by atomic mass is 10.00. The number of likely N-dealkylation sites (tertiary alicyclic amines) is 1. The van der Waals surface area contributed by atoms with Crippen molar-refractivity contribution in [2.45, 2.75) is 39.1 Å². The molecule has 0 bridgehead atoms. The highest BCUT2D eigenvalue weighted by atomic mass is 19.4. The molecule has 1 aromatic heterocycles. The molecule has 2 aromatic rings. The largest absolute Gasteiger partial charge is 0.416 e. The van der Waals surface area contributed by atoms with E-state index in [1.54, 1.807) is 0 Å². The maximum atomic E-state index is 12.9. The van der Waals surface area contributed by atoms with E-state index in [4.69, 9.17) is 0 Å². The summed E-state index contributed by atoms with van der Waals surface area (Å²) in [5.74, 6) is 0.0359. The zero-order valence-corrected chi connectivity index (χ0v) is 14.3. The highest BCUT2D eigenvalue weighted by Crippen LogP contribution is 2.31. The molecule has 0 aliphatic carbocycles. The van der Waals surface area contributed by atoms with Crippen LogP contribution < -0.4 is 0 Å². The molecule has 1 fully saturated rings. The molecule has 7 heteroatoms. The van der Waals surface area contributed by atoms with E-state index in [1.807, 2.05) is 24.8 Å². The summed E-state index contributed by atoms with van der Waals surface area (Å²) in [7, 11) is 0. The second-order valence-electron chi connectivity index (χ2n) is 6.91. The van der Waals surface area contributed by atoms with Crippen LogP contribution in [-0.2, 0) is 19.1 Å². The Morgan fingerprint density at radius 1 is 1.24 bits per heavy atom. The van der Waals surface area contributed by atoms with Crippen LogP contribution in [0, 0.1) is 19.8 Å². The van der Waals surface area contributed by atoms with Gasteiger partial charge in [-0.2, -0.15) is 18.3 Å². The zero-order valence-electron chi connectivity index (χ0n) is 14.3. The molecule has 136 valence electrons. The molecule has 25 heavy (non-hydrogen) atoms.